The topological polar surface area (TPSA) is 84.7 Å². The maximum absolute atomic E-state index is 12.0. The van der Waals surface area contributed by atoms with Crippen molar-refractivity contribution >= 4 is 11.6 Å². The Kier molecular flexibility index (Phi) is 4.64. The molecule has 7 heteroatoms. The van der Waals surface area contributed by atoms with E-state index >= 15 is 0 Å². The third-order valence-electron chi connectivity index (χ3n) is 2.70. The molecule has 112 valence electrons. The molecule has 0 atom stereocenters. The van der Waals surface area contributed by atoms with Crippen LogP contribution in [0.25, 0.3) is 5.82 Å². The minimum atomic E-state index is -0.0684. The van der Waals surface area contributed by atoms with Crippen LogP contribution in [-0.4, -0.2) is 37.7 Å². The van der Waals surface area contributed by atoms with E-state index in [0.29, 0.717) is 24.5 Å². The van der Waals surface area contributed by atoms with E-state index in [2.05, 4.69) is 46.5 Å². The van der Waals surface area contributed by atoms with Crippen molar-refractivity contribution in [2.75, 3.05) is 11.9 Å². The van der Waals surface area contributed by atoms with Crippen molar-refractivity contribution in [3.8, 4) is 5.82 Å². The number of carbonyl (C=O) groups excluding carboxylic acids is 1. The van der Waals surface area contributed by atoms with E-state index < -0.39 is 0 Å². The van der Waals surface area contributed by atoms with Gasteiger partial charge in [0.05, 0.1) is 5.69 Å². The molecule has 7 nitrogen and oxygen atoms in total. The summed E-state index contributed by atoms with van der Waals surface area (Å²) in [5, 5.41) is 10.2. The van der Waals surface area contributed by atoms with Gasteiger partial charge in [-0.25, -0.2) is 14.6 Å². The van der Waals surface area contributed by atoms with Crippen molar-refractivity contribution in [2.24, 2.45) is 0 Å². The Bertz CT molecular complexity index is 588. The van der Waals surface area contributed by atoms with Gasteiger partial charge in [0.1, 0.15) is 12.7 Å². The van der Waals surface area contributed by atoms with Crippen LogP contribution in [-0.2, 0) is 4.79 Å². The third kappa shape index (κ3) is 4.64. The highest BCUT2D eigenvalue weighted by molar-refractivity contribution is 5.92. The van der Waals surface area contributed by atoms with Crippen LogP contribution < -0.4 is 10.6 Å². The average molecular weight is 288 g/mol. The number of pyridine rings is 1. The first-order valence-electron chi connectivity index (χ1n) is 6.80. The molecule has 0 saturated heterocycles. The second-order valence-corrected chi connectivity index (χ2v) is 5.69. The van der Waals surface area contributed by atoms with Gasteiger partial charge in [0, 0.05) is 24.7 Å². The van der Waals surface area contributed by atoms with Crippen LogP contribution in [0, 0.1) is 0 Å². The highest BCUT2D eigenvalue weighted by Gasteiger charge is 2.12. The second-order valence-electron chi connectivity index (χ2n) is 5.69. The van der Waals surface area contributed by atoms with Crippen LogP contribution in [0.4, 0.5) is 5.69 Å². The van der Waals surface area contributed by atoms with Gasteiger partial charge in [-0.3, -0.25) is 4.79 Å². The first-order valence-corrected chi connectivity index (χ1v) is 6.80. The number of rotatable bonds is 5. The van der Waals surface area contributed by atoms with Crippen molar-refractivity contribution in [1.82, 2.24) is 25.1 Å². The fraction of sp³-hybridized carbons (Fsp3) is 0.429. The van der Waals surface area contributed by atoms with Gasteiger partial charge in [0.15, 0.2) is 5.82 Å². The number of nitrogens with one attached hydrogen (secondary N) is 2. The third-order valence-corrected chi connectivity index (χ3v) is 2.70. The molecule has 2 heterocycles. The second kappa shape index (κ2) is 6.45. The van der Waals surface area contributed by atoms with Crippen molar-refractivity contribution in [1.29, 1.82) is 0 Å². The van der Waals surface area contributed by atoms with Gasteiger partial charge in [-0.2, -0.15) is 5.10 Å². The zero-order valence-electron chi connectivity index (χ0n) is 12.5. The van der Waals surface area contributed by atoms with Crippen molar-refractivity contribution in [2.45, 2.75) is 32.7 Å². The van der Waals surface area contributed by atoms with Gasteiger partial charge in [-0.1, -0.05) is 0 Å². The Morgan fingerprint density at radius 3 is 2.86 bits per heavy atom. The summed E-state index contributed by atoms with van der Waals surface area (Å²) < 4.78 is 1.52. The molecule has 0 unspecified atom stereocenters. The molecule has 0 saturated carbocycles. The molecule has 0 radical (unpaired) electrons. The van der Waals surface area contributed by atoms with E-state index in [1.807, 2.05) is 0 Å². The quantitative estimate of drug-likeness (QED) is 0.868. The lowest BCUT2D eigenvalue weighted by molar-refractivity contribution is -0.116. The van der Waals surface area contributed by atoms with Gasteiger partial charge in [-0.05, 0) is 32.9 Å². The molecule has 1 amide bonds. The van der Waals surface area contributed by atoms with Crippen LogP contribution in [0.15, 0.2) is 31.0 Å². The summed E-state index contributed by atoms with van der Waals surface area (Å²) in [6.07, 6.45) is 5.00. The average Bonchev–Trinajstić information content (AvgIpc) is 2.91. The predicted molar refractivity (Wildman–Crippen MR) is 80.2 cm³/mol. The Morgan fingerprint density at radius 1 is 1.38 bits per heavy atom. The van der Waals surface area contributed by atoms with E-state index in [1.54, 1.807) is 24.7 Å². The molecule has 0 aromatic carbocycles. The van der Waals surface area contributed by atoms with E-state index in [0.717, 1.165) is 0 Å². The van der Waals surface area contributed by atoms with Gasteiger partial charge >= 0.3 is 0 Å². The monoisotopic (exact) mass is 288 g/mol. The predicted octanol–water partition coefficient (Wildman–Crippen LogP) is 1.38. The van der Waals surface area contributed by atoms with Crippen LogP contribution in [0.2, 0.25) is 0 Å². The summed E-state index contributed by atoms with van der Waals surface area (Å²) in [5.41, 5.74) is 0.615. The Hall–Kier alpha value is -2.28. The molecule has 0 spiro atoms. The maximum Gasteiger partial charge on any atom is 0.225 e. The molecule has 0 fully saturated rings. The van der Waals surface area contributed by atoms with Crippen LogP contribution in [0.1, 0.15) is 27.2 Å². The lowest BCUT2D eigenvalue weighted by Crippen LogP contribution is -2.37. The lowest BCUT2D eigenvalue weighted by atomic mass is 10.1. The van der Waals surface area contributed by atoms with E-state index in [-0.39, 0.29) is 11.4 Å². The number of nitrogens with zero attached hydrogens (tertiary/aromatic N) is 4. The van der Waals surface area contributed by atoms with Gasteiger partial charge < -0.3 is 10.6 Å². The SMILES string of the molecule is CC(C)(C)NCCC(=O)Nc1cccnc1-n1cncn1. The fourth-order valence-corrected chi connectivity index (χ4v) is 1.76. The number of hydrogen-bond acceptors (Lipinski definition) is 5. The number of carbonyl (C=O) groups is 1. The highest BCUT2D eigenvalue weighted by Crippen LogP contribution is 2.15. The summed E-state index contributed by atoms with van der Waals surface area (Å²) in [5.74, 6) is 0.480. The zero-order valence-corrected chi connectivity index (χ0v) is 12.5. The standard InChI is InChI=1S/C14H20N6O/c1-14(2,3)17-8-6-12(21)19-11-5-4-7-16-13(11)20-10-15-9-18-20/h4-5,7,9-10,17H,6,8H2,1-3H3,(H,19,21). The highest BCUT2D eigenvalue weighted by atomic mass is 16.1. The molecule has 2 aromatic rings. The first kappa shape index (κ1) is 15.1. The number of amides is 1. The fourth-order valence-electron chi connectivity index (χ4n) is 1.76. The first-order chi connectivity index (χ1) is 9.96. The van der Waals surface area contributed by atoms with E-state index in [4.69, 9.17) is 0 Å². The Labute approximate surface area is 123 Å². The molecule has 2 aromatic heterocycles. The van der Waals surface area contributed by atoms with Crippen molar-refractivity contribution < 1.29 is 4.79 Å². The van der Waals surface area contributed by atoms with Crippen LogP contribution >= 0.6 is 0 Å². The van der Waals surface area contributed by atoms with Crippen molar-refractivity contribution in [3.63, 3.8) is 0 Å². The molecule has 0 aliphatic heterocycles. The van der Waals surface area contributed by atoms with Gasteiger partial charge in [-0.15, -0.1) is 0 Å². The summed E-state index contributed by atoms with van der Waals surface area (Å²) >= 11 is 0. The van der Waals surface area contributed by atoms with Gasteiger partial charge in [0.2, 0.25) is 5.91 Å². The number of hydrogen-bond donors (Lipinski definition) is 2. The van der Waals surface area contributed by atoms with Crippen LogP contribution in [0.3, 0.4) is 0 Å². The molecule has 2 N–H and O–H groups in total. The normalized spacial score (nSPS) is 11.4. The number of anilines is 1. The zero-order chi connectivity index (χ0) is 15.3. The Balaban J connectivity index is 1.99. The molecule has 0 aliphatic carbocycles. The smallest absolute Gasteiger partial charge is 0.225 e. The molecule has 21 heavy (non-hydrogen) atoms. The molecule has 0 bridgehead atoms. The Morgan fingerprint density at radius 2 is 2.19 bits per heavy atom. The molecular formula is C14H20N6O. The van der Waals surface area contributed by atoms with E-state index in [1.165, 1.54) is 11.0 Å². The number of aromatic nitrogens is 4. The van der Waals surface area contributed by atoms with Crippen molar-refractivity contribution in [3.05, 3.63) is 31.0 Å². The molecular weight excluding hydrogens is 268 g/mol. The summed E-state index contributed by atoms with van der Waals surface area (Å²) in [6, 6.07) is 3.56. The maximum atomic E-state index is 12.0. The van der Waals surface area contributed by atoms with Gasteiger partial charge in [0.25, 0.3) is 0 Å². The van der Waals surface area contributed by atoms with Crippen LogP contribution in [0.5, 0.6) is 0 Å². The summed E-state index contributed by atoms with van der Waals surface area (Å²) in [7, 11) is 0. The van der Waals surface area contributed by atoms with E-state index in [9.17, 15) is 4.79 Å². The summed E-state index contributed by atoms with van der Waals surface area (Å²) in [6.45, 7) is 6.81. The molecule has 0 aliphatic rings. The summed E-state index contributed by atoms with van der Waals surface area (Å²) in [4.78, 5) is 20.1. The molecule has 2 rings (SSSR count). The largest absolute Gasteiger partial charge is 0.323 e. The lowest BCUT2D eigenvalue weighted by Gasteiger charge is -2.20. The minimum absolute atomic E-state index is 0.000469. The minimum Gasteiger partial charge on any atom is -0.323 e.